The molecule has 1 N–H and O–H groups in total. The molecule has 0 radical (unpaired) electrons. The monoisotopic (exact) mass is 268 g/mol. The smallest absolute Gasteiger partial charge is 0.325 e. The van der Waals surface area contributed by atoms with Gasteiger partial charge in [0.2, 0.25) is 0 Å². The quantitative estimate of drug-likeness (QED) is 0.683. The summed E-state index contributed by atoms with van der Waals surface area (Å²) in [5.74, 6) is -0.127. The van der Waals surface area contributed by atoms with Crippen LogP contribution < -0.4 is 5.32 Å². The van der Waals surface area contributed by atoms with Crippen molar-refractivity contribution in [1.82, 2.24) is 10.2 Å². The van der Waals surface area contributed by atoms with Gasteiger partial charge in [0.15, 0.2) is 0 Å². The first-order valence-electron chi connectivity index (χ1n) is 7.62. The molecule has 0 aliphatic heterocycles. The molecule has 0 aromatic carbocycles. The molecule has 2 fully saturated rings. The van der Waals surface area contributed by atoms with Gasteiger partial charge in [-0.1, -0.05) is 6.92 Å². The topological polar surface area (TPSA) is 41.6 Å². The zero-order chi connectivity index (χ0) is 14.0. The lowest BCUT2D eigenvalue weighted by atomic mass is 9.92. The molecular formula is C15H28N2O2. The summed E-state index contributed by atoms with van der Waals surface area (Å²) >= 11 is 0. The lowest BCUT2D eigenvalue weighted by Crippen LogP contribution is -2.55. The summed E-state index contributed by atoms with van der Waals surface area (Å²) < 4.78 is 5.01. The third-order valence-electron chi connectivity index (χ3n) is 4.39. The Labute approximate surface area is 116 Å². The van der Waals surface area contributed by atoms with Gasteiger partial charge in [0, 0.05) is 18.1 Å². The van der Waals surface area contributed by atoms with Crippen LogP contribution >= 0.6 is 0 Å². The van der Waals surface area contributed by atoms with Gasteiger partial charge in [0.1, 0.15) is 5.54 Å². The van der Waals surface area contributed by atoms with Crippen molar-refractivity contribution in [2.45, 2.75) is 76.5 Å². The van der Waals surface area contributed by atoms with Crippen LogP contribution in [-0.2, 0) is 9.53 Å². The average Bonchev–Trinajstić information content (AvgIpc) is 3.23. The molecule has 0 aromatic heterocycles. The third-order valence-corrected chi connectivity index (χ3v) is 4.39. The molecule has 19 heavy (non-hydrogen) atoms. The highest BCUT2D eigenvalue weighted by Crippen LogP contribution is 2.32. The second-order valence-electron chi connectivity index (χ2n) is 6.36. The molecule has 2 atom stereocenters. The van der Waals surface area contributed by atoms with E-state index in [-0.39, 0.29) is 5.97 Å². The predicted molar refractivity (Wildman–Crippen MR) is 76.1 cm³/mol. The largest absolute Gasteiger partial charge is 0.468 e. The Bertz CT molecular complexity index is 326. The second kappa shape index (κ2) is 5.80. The van der Waals surface area contributed by atoms with Crippen molar-refractivity contribution < 1.29 is 9.53 Å². The lowest BCUT2D eigenvalue weighted by Gasteiger charge is -2.36. The highest BCUT2D eigenvalue weighted by Gasteiger charge is 2.42. The van der Waals surface area contributed by atoms with Gasteiger partial charge in [-0.05, 0) is 52.5 Å². The van der Waals surface area contributed by atoms with Gasteiger partial charge in [-0.25, -0.2) is 0 Å². The highest BCUT2D eigenvalue weighted by atomic mass is 16.5. The van der Waals surface area contributed by atoms with Crippen LogP contribution in [-0.4, -0.2) is 48.2 Å². The SMILES string of the molecule is CCN(C(C)CC(C)(NC1CC1)C(=O)OC)C1CC1. The van der Waals surface area contributed by atoms with Crippen LogP contribution in [0.4, 0.5) is 0 Å². The first-order valence-corrected chi connectivity index (χ1v) is 7.62. The molecule has 2 rings (SSSR count). The molecule has 0 amide bonds. The van der Waals surface area contributed by atoms with Crippen LogP contribution in [0.15, 0.2) is 0 Å². The maximum absolute atomic E-state index is 12.1. The molecule has 2 aliphatic carbocycles. The Morgan fingerprint density at radius 1 is 1.42 bits per heavy atom. The summed E-state index contributed by atoms with van der Waals surface area (Å²) in [5, 5.41) is 3.49. The number of rotatable bonds is 8. The van der Waals surface area contributed by atoms with Crippen LogP contribution in [0.2, 0.25) is 0 Å². The van der Waals surface area contributed by atoms with Gasteiger partial charge < -0.3 is 4.74 Å². The number of esters is 1. The molecular weight excluding hydrogens is 240 g/mol. The van der Waals surface area contributed by atoms with Crippen LogP contribution in [0.1, 0.15) is 52.9 Å². The van der Waals surface area contributed by atoms with Crippen LogP contribution in [0, 0.1) is 0 Å². The normalized spacial score (nSPS) is 24.1. The maximum Gasteiger partial charge on any atom is 0.325 e. The number of hydrogen-bond acceptors (Lipinski definition) is 4. The summed E-state index contributed by atoms with van der Waals surface area (Å²) in [5.41, 5.74) is -0.544. The molecule has 2 unspecified atom stereocenters. The van der Waals surface area contributed by atoms with E-state index in [1.54, 1.807) is 0 Å². The Balaban J connectivity index is 1.98. The van der Waals surface area contributed by atoms with E-state index < -0.39 is 5.54 Å². The number of methoxy groups -OCH3 is 1. The van der Waals surface area contributed by atoms with Gasteiger partial charge in [0.25, 0.3) is 0 Å². The Kier molecular flexibility index (Phi) is 4.51. The summed E-state index contributed by atoms with van der Waals surface area (Å²) in [6.45, 7) is 7.50. The number of carbonyl (C=O) groups excluding carboxylic acids is 1. The lowest BCUT2D eigenvalue weighted by molar-refractivity contribution is -0.149. The minimum atomic E-state index is -0.544. The highest BCUT2D eigenvalue weighted by molar-refractivity contribution is 5.80. The van der Waals surface area contributed by atoms with Crippen molar-refractivity contribution in [3.63, 3.8) is 0 Å². The van der Waals surface area contributed by atoms with E-state index in [4.69, 9.17) is 4.74 Å². The minimum absolute atomic E-state index is 0.127. The standard InChI is InChI=1S/C15H28N2O2/c1-5-17(13-8-9-13)11(2)10-15(3,14(18)19-4)16-12-6-7-12/h11-13,16H,5-10H2,1-4H3. The van der Waals surface area contributed by atoms with E-state index >= 15 is 0 Å². The number of carbonyl (C=O) groups is 1. The predicted octanol–water partition coefficient (Wildman–Crippen LogP) is 1.93. The summed E-state index contributed by atoms with van der Waals surface area (Å²) in [4.78, 5) is 14.6. The van der Waals surface area contributed by atoms with Crippen molar-refractivity contribution >= 4 is 5.97 Å². The minimum Gasteiger partial charge on any atom is -0.468 e. The third kappa shape index (κ3) is 3.69. The number of ether oxygens (including phenoxy) is 1. The summed E-state index contributed by atoms with van der Waals surface area (Å²) in [6, 6.07) is 1.66. The maximum atomic E-state index is 12.1. The first kappa shape index (κ1) is 14.8. The molecule has 4 nitrogen and oxygen atoms in total. The first-order chi connectivity index (χ1) is 9.00. The van der Waals surface area contributed by atoms with E-state index in [1.807, 2.05) is 6.92 Å². The van der Waals surface area contributed by atoms with E-state index in [2.05, 4.69) is 24.1 Å². The number of hydrogen-bond donors (Lipinski definition) is 1. The fourth-order valence-electron chi connectivity index (χ4n) is 3.15. The molecule has 2 saturated carbocycles. The zero-order valence-electron chi connectivity index (χ0n) is 12.7. The molecule has 0 aromatic rings. The van der Waals surface area contributed by atoms with E-state index in [9.17, 15) is 4.79 Å². The average molecular weight is 268 g/mol. The van der Waals surface area contributed by atoms with Crippen molar-refractivity contribution in [1.29, 1.82) is 0 Å². The van der Waals surface area contributed by atoms with E-state index in [0.717, 1.165) is 19.0 Å². The van der Waals surface area contributed by atoms with Crippen LogP contribution in [0.25, 0.3) is 0 Å². The molecule has 0 saturated heterocycles. The fraction of sp³-hybridized carbons (Fsp3) is 0.933. The molecule has 0 bridgehead atoms. The number of nitrogens with zero attached hydrogens (tertiary/aromatic N) is 1. The van der Waals surface area contributed by atoms with Gasteiger partial charge in [-0.15, -0.1) is 0 Å². The van der Waals surface area contributed by atoms with Crippen molar-refractivity contribution in [3.8, 4) is 0 Å². The zero-order valence-corrected chi connectivity index (χ0v) is 12.7. The van der Waals surface area contributed by atoms with E-state index in [1.165, 1.54) is 32.8 Å². The molecule has 2 aliphatic rings. The van der Waals surface area contributed by atoms with E-state index in [0.29, 0.717) is 12.1 Å². The Hall–Kier alpha value is -0.610. The van der Waals surface area contributed by atoms with Gasteiger partial charge >= 0.3 is 5.97 Å². The number of nitrogens with one attached hydrogen (secondary N) is 1. The van der Waals surface area contributed by atoms with Crippen LogP contribution in [0.5, 0.6) is 0 Å². The van der Waals surface area contributed by atoms with Crippen molar-refractivity contribution in [2.24, 2.45) is 0 Å². The van der Waals surface area contributed by atoms with Crippen molar-refractivity contribution in [3.05, 3.63) is 0 Å². The summed E-state index contributed by atoms with van der Waals surface area (Å²) in [6.07, 6.45) is 5.80. The van der Waals surface area contributed by atoms with Gasteiger partial charge in [0.05, 0.1) is 7.11 Å². The molecule has 110 valence electrons. The summed E-state index contributed by atoms with van der Waals surface area (Å²) in [7, 11) is 1.48. The Morgan fingerprint density at radius 3 is 2.47 bits per heavy atom. The van der Waals surface area contributed by atoms with Gasteiger partial charge in [-0.3, -0.25) is 15.0 Å². The molecule has 0 heterocycles. The van der Waals surface area contributed by atoms with Crippen LogP contribution in [0.3, 0.4) is 0 Å². The Morgan fingerprint density at radius 2 is 2.05 bits per heavy atom. The molecule has 4 heteroatoms. The fourth-order valence-corrected chi connectivity index (χ4v) is 3.15. The second-order valence-corrected chi connectivity index (χ2v) is 6.36. The molecule has 0 spiro atoms. The van der Waals surface area contributed by atoms with Crippen molar-refractivity contribution in [2.75, 3.05) is 13.7 Å². The van der Waals surface area contributed by atoms with Gasteiger partial charge in [-0.2, -0.15) is 0 Å².